The predicted octanol–water partition coefficient (Wildman–Crippen LogP) is -1.30. The molecule has 98 valence electrons. The molecule has 0 aliphatic rings. The van der Waals surface area contributed by atoms with Crippen molar-refractivity contribution in [3.05, 3.63) is 0 Å². The van der Waals surface area contributed by atoms with Crippen molar-refractivity contribution in [2.75, 3.05) is 6.54 Å². The fourth-order valence-corrected chi connectivity index (χ4v) is 1.14. The van der Waals surface area contributed by atoms with Gasteiger partial charge in [0.25, 0.3) is 0 Å². The van der Waals surface area contributed by atoms with Crippen LogP contribution in [0, 0.1) is 0 Å². The van der Waals surface area contributed by atoms with Gasteiger partial charge in [-0.2, -0.15) is 0 Å². The third-order valence-electron chi connectivity index (χ3n) is 2.06. The van der Waals surface area contributed by atoms with E-state index in [2.05, 4.69) is 5.32 Å². The van der Waals surface area contributed by atoms with Crippen LogP contribution in [0.25, 0.3) is 0 Å². The number of aliphatic carboxylic acids is 3. The van der Waals surface area contributed by atoms with E-state index in [0.29, 0.717) is 0 Å². The van der Waals surface area contributed by atoms with Crippen molar-refractivity contribution >= 4 is 17.9 Å². The van der Waals surface area contributed by atoms with Gasteiger partial charge in [-0.1, -0.05) is 0 Å². The Labute approximate surface area is 97.4 Å². The molecule has 8 nitrogen and oxygen atoms in total. The van der Waals surface area contributed by atoms with Gasteiger partial charge in [0, 0.05) is 6.42 Å². The Morgan fingerprint density at radius 2 is 1.71 bits per heavy atom. The van der Waals surface area contributed by atoms with Gasteiger partial charge in [0.15, 0.2) is 0 Å². The molecule has 1 unspecified atom stereocenters. The summed E-state index contributed by atoms with van der Waals surface area (Å²) in [6.45, 7) is 0.176. The van der Waals surface area contributed by atoms with E-state index in [4.69, 9.17) is 21.1 Å². The van der Waals surface area contributed by atoms with Crippen molar-refractivity contribution in [3.63, 3.8) is 0 Å². The molecule has 17 heavy (non-hydrogen) atoms. The van der Waals surface area contributed by atoms with Crippen molar-refractivity contribution in [3.8, 4) is 0 Å². The lowest BCUT2D eigenvalue weighted by molar-refractivity contribution is -0.141. The van der Waals surface area contributed by atoms with Crippen LogP contribution in [0.4, 0.5) is 0 Å². The summed E-state index contributed by atoms with van der Waals surface area (Å²) >= 11 is 0. The Kier molecular flexibility index (Phi) is 6.83. The SMILES string of the molecule is N[C@@H](CC(NCCCC(=O)O)C(=O)O)C(=O)O. The van der Waals surface area contributed by atoms with Crippen molar-refractivity contribution in [1.82, 2.24) is 5.32 Å². The van der Waals surface area contributed by atoms with Gasteiger partial charge in [-0.05, 0) is 19.4 Å². The van der Waals surface area contributed by atoms with Gasteiger partial charge in [-0.25, -0.2) is 0 Å². The smallest absolute Gasteiger partial charge is 0.320 e. The molecule has 0 aliphatic heterocycles. The van der Waals surface area contributed by atoms with E-state index in [0.717, 1.165) is 0 Å². The molecule has 0 aliphatic carbocycles. The lowest BCUT2D eigenvalue weighted by Gasteiger charge is -2.16. The molecule has 0 aromatic heterocycles. The Hall–Kier alpha value is -1.67. The van der Waals surface area contributed by atoms with E-state index in [1.165, 1.54) is 0 Å². The average molecular weight is 248 g/mol. The summed E-state index contributed by atoms with van der Waals surface area (Å²) in [6, 6.07) is -2.35. The van der Waals surface area contributed by atoms with E-state index < -0.39 is 30.0 Å². The summed E-state index contributed by atoms with van der Waals surface area (Å²) in [5.74, 6) is -3.46. The first-order valence-electron chi connectivity index (χ1n) is 5.01. The molecule has 0 aromatic carbocycles. The van der Waals surface area contributed by atoms with Crippen LogP contribution in [0.1, 0.15) is 19.3 Å². The Morgan fingerprint density at radius 3 is 2.12 bits per heavy atom. The molecule has 0 bridgehead atoms. The molecule has 0 amide bonds. The zero-order valence-electron chi connectivity index (χ0n) is 9.13. The molecule has 0 rings (SSSR count). The lowest BCUT2D eigenvalue weighted by Crippen LogP contribution is -2.44. The molecular formula is C9H16N2O6. The molecule has 0 spiro atoms. The minimum atomic E-state index is -1.27. The molecule has 2 atom stereocenters. The average Bonchev–Trinajstić information content (AvgIpc) is 2.21. The molecular weight excluding hydrogens is 232 g/mol. The summed E-state index contributed by atoms with van der Waals surface area (Å²) in [5.41, 5.74) is 5.21. The van der Waals surface area contributed by atoms with Crippen molar-refractivity contribution < 1.29 is 29.7 Å². The molecule has 0 radical (unpaired) electrons. The molecule has 0 heterocycles. The number of carbonyl (C=O) groups is 3. The summed E-state index contributed by atoms with van der Waals surface area (Å²) < 4.78 is 0. The minimum absolute atomic E-state index is 0.0790. The van der Waals surface area contributed by atoms with Gasteiger partial charge >= 0.3 is 17.9 Å². The van der Waals surface area contributed by atoms with Crippen LogP contribution in [0.2, 0.25) is 0 Å². The summed E-state index contributed by atoms with van der Waals surface area (Å²) in [6.07, 6.45) is -0.0660. The number of nitrogens with one attached hydrogen (secondary N) is 1. The zero-order chi connectivity index (χ0) is 13.4. The normalized spacial score (nSPS) is 13.9. The van der Waals surface area contributed by atoms with Gasteiger partial charge in [0.1, 0.15) is 12.1 Å². The minimum Gasteiger partial charge on any atom is -0.481 e. The largest absolute Gasteiger partial charge is 0.481 e. The summed E-state index contributed by atoms with van der Waals surface area (Å²) in [7, 11) is 0. The lowest BCUT2D eigenvalue weighted by atomic mass is 10.1. The number of rotatable bonds is 9. The third kappa shape index (κ3) is 7.25. The maximum Gasteiger partial charge on any atom is 0.320 e. The summed E-state index contributed by atoms with van der Waals surface area (Å²) in [4.78, 5) is 31.4. The third-order valence-corrected chi connectivity index (χ3v) is 2.06. The van der Waals surface area contributed by atoms with Crippen LogP contribution in [0.3, 0.4) is 0 Å². The first kappa shape index (κ1) is 15.3. The van der Waals surface area contributed by atoms with E-state index in [1.807, 2.05) is 0 Å². The highest BCUT2D eigenvalue weighted by Crippen LogP contribution is 1.98. The highest BCUT2D eigenvalue weighted by Gasteiger charge is 2.23. The second-order valence-corrected chi connectivity index (χ2v) is 3.52. The molecule has 0 saturated carbocycles. The molecule has 0 fully saturated rings. The van der Waals surface area contributed by atoms with Crippen LogP contribution in [-0.4, -0.2) is 51.9 Å². The standard InChI is InChI=1S/C9H16N2O6/c10-5(8(14)15)4-6(9(16)17)11-3-1-2-7(12)13/h5-6,11H,1-4,10H2,(H,12,13)(H,14,15)(H,16,17)/t5-,6?/m0/s1. The Morgan fingerprint density at radius 1 is 1.12 bits per heavy atom. The van der Waals surface area contributed by atoms with Gasteiger partial charge in [-0.3, -0.25) is 14.4 Å². The van der Waals surface area contributed by atoms with Crippen LogP contribution in [-0.2, 0) is 14.4 Å². The molecule has 0 aromatic rings. The highest BCUT2D eigenvalue weighted by atomic mass is 16.4. The van der Waals surface area contributed by atoms with Gasteiger partial charge in [0.05, 0.1) is 0 Å². The number of nitrogens with two attached hydrogens (primary N) is 1. The van der Waals surface area contributed by atoms with E-state index in [9.17, 15) is 14.4 Å². The maximum absolute atomic E-state index is 10.8. The van der Waals surface area contributed by atoms with Crippen molar-refractivity contribution in [2.45, 2.75) is 31.3 Å². The second-order valence-electron chi connectivity index (χ2n) is 3.52. The van der Waals surface area contributed by atoms with Gasteiger partial charge in [0.2, 0.25) is 0 Å². The van der Waals surface area contributed by atoms with E-state index in [-0.39, 0.29) is 25.8 Å². The molecule has 8 heteroatoms. The van der Waals surface area contributed by atoms with Crippen molar-refractivity contribution in [1.29, 1.82) is 0 Å². The van der Waals surface area contributed by atoms with Gasteiger partial charge in [-0.15, -0.1) is 0 Å². The van der Waals surface area contributed by atoms with Gasteiger partial charge < -0.3 is 26.4 Å². The Balaban J connectivity index is 4.03. The number of carboxylic acids is 3. The number of hydrogen-bond donors (Lipinski definition) is 5. The quantitative estimate of drug-likeness (QED) is 0.316. The topological polar surface area (TPSA) is 150 Å². The number of hydrogen-bond acceptors (Lipinski definition) is 5. The monoisotopic (exact) mass is 248 g/mol. The van der Waals surface area contributed by atoms with Crippen LogP contribution >= 0.6 is 0 Å². The Bertz CT molecular complexity index is 293. The first-order valence-corrected chi connectivity index (χ1v) is 5.01. The first-order chi connectivity index (χ1) is 7.84. The fraction of sp³-hybridized carbons (Fsp3) is 0.667. The van der Waals surface area contributed by atoms with Crippen molar-refractivity contribution in [2.24, 2.45) is 5.73 Å². The summed E-state index contributed by atoms with van der Waals surface area (Å²) in [5, 5.41) is 28.2. The van der Waals surface area contributed by atoms with E-state index >= 15 is 0 Å². The molecule has 0 saturated heterocycles. The second kappa shape index (κ2) is 7.58. The number of carboxylic acid groups (broad SMARTS) is 3. The van der Waals surface area contributed by atoms with Crippen LogP contribution < -0.4 is 11.1 Å². The maximum atomic E-state index is 10.8. The van der Waals surface area contributed by atoms with Crippen LogP contribution in [0.5, 0.6) is 0 Å². The molecule has 6 N–H and O–H groups in total. The van der Waals surface area contributed by atoms with E-state index in [1.54, 1.807) is 0 Å². The predicted molar refractivity (Wildman–Crippen MR) is 56.5 cm³/mol. The zero-order valence-corrected chi connectivity index (χ0v) is 9.13. The fourth-order valence-electron chi connectivity index (χ4n) is 1.14. The highest BCUT2D eigenvalue weighted by molar-refractivity contribution is 5.77. The van der Waals surface area contributed by atoms with Crippen LogP contribution in [0.15, 0.2) is 0 Å².